The van der Waals surface area contributed by atoms with Crippen molar-refractivity contribution in [3.63, 3.8) is 0 Å². The second kappa shape index (κ2) is 7.91. The summed E-state index contributed by atoms with van der Waals surface area (Å²) in [5.41, 5.74) is 4.88. The highest BCUT2D eigenvalue weighted by Crippen LogP contribution is 2.31. The highest BCUT2D eigenvalue weighted by Gasteiger charge is 2.16. The second-order valence-corrected chi connectivity index (χ2v) is 7.04. The van der Waals surface area contributed by atoms with Crippen LogP contribution >= 0.6 is 0 Å². The number of carbonyl (C=O) groups is 1. The van der Waals surface area contributed by atoms with Gasteiger partial charge in [-0.05, 0) is 60.6 Å². The first-order chi connectivity index (χ1) is 13.2. The van der Waals surface area contributed by atoms with Gasteiger partial charge in [0, 0.05) is 18.5 Å². The molecule has 4 rings (SSSR count). The SMILES string of the molecule is COc1cc2c(cc1CNC(=O)CCc1ccc3c(c1)OCCO3)CCC2. The average molecular weight is 367 g/mol. The van der Waals surface area contributed by atoms with Crippen LogP contribution in [0.2, 0.25) is 0 Å². The van der Waals surface area contributed by atoms with E-state index in [1.165, 1.54) is 17.5 Å². The van der Waals surface area contributed by atoms with E-state index in [9.17, 15) is 4.79 Å². The topological polar surface area (TPSA) is 56.8 Å². The van der Waals surface area contributed by atoms with Crippen molar-refractivity contribution in [1.82, 2.24) is 5.32 Å². The van der Waals surface area contributed by atoms with Crippen molar-refractivity contribution in [2.75, 3.05) is 20.3 Å². The molecule has 0 unspecified atom stereocenters. The predicted octanol–water partition coefficient (Wildman–Crippen LogP) is 3.20. The van der Waals surface area contributed by atoms with E-state index in [2.05, 4.69) is 17.4 Å². The summed E-state index contributed by atoms with van der Waals surface area (Å²) in [6.45, 7) is 1.65. The third-order valence-electron chi connectivity index (χ3n) is 5.22. The first kappa shape index (κ1) is 17.7. The zero-order valence-electron chi connectivity index (χ0n) is 15.7. The molecule has 27 heavy (non-hydrogen) atoms. The monoisotopic (exact) mass is 367 g/mol. The summed E-state index contributed by atoms with van der Waals surface area (Å²) < 4.78 is 16.6. The summed E-state index contributed by atoms with van der Waals surface area (Å²) in [5.74, 6) is 2.44. The summed E-state index contributed by atoms with van der Waals surface area (Å²) >= 11 is 0. The van der Waals surface area contributed by atoms with Gasteiger partial charge in [0.2, 0.25) is 5.91 Å². The lowest BCUT2D eigenvalue weighted by molar-refractivity contribution is -0.121. The van der Waals surface area contributed by atoms with Gasteiger partial charge >= 0.3 is 0 Å². The number of rotatable bonds is 6. The van der Waals surface area contributed by atoms with E-state index >= 15 is 0 Å². The molecule has 0 bridgehead atoms. The van der Waals surface area contributed by atoms with Crippen molar-refractivity contribution in [2.45, 2.75) is 38.6 Å². The minimum Gasteiger partial charge on any atom is -0.496 e. The fraction of sp³-hybridized carbons (Fsp3) is 0.409. The van der Waals surface area contributed by atoms with Gasteiger partial charge in [-0.15, -0.1) is 0 Å². The molecule has 0 saturated carbocycles. The molecule has 5 nitrogen and oxygen atoms in total. The van der Waals surface area contributed by atoms with Crippen LogP contribution < -0.4 is 19.5 Å². The summed E-state index contributed by atoms with van der Waals surface area (Å²) in [7, 11) is 1.68. The predicted molar refractivity (Wildman–Crippen MR) is 103 cm³/mol. The fourth-order valence-electron chi connectivity index (χ4n) is 3.76. The van der Waals surface area contributed by atoms with Gasteiger partial charge < -0.3 is 19.5 Å². The Morgan fingerprint density at radius 2 is 1.85 bits per heavy atom. The summed E-state index contributed by atoms with van der Waals surface area (Å²) in [4.78, 5) is 12.3. The molecule has 1 heterocycles. The van der Waals surface area contributed by atoms with Crippen LogP contribution in [0.25, 0.3) is 0 Å². The molecule has 142 valence electrons. The molecule has 0 atom stereocenters. The maximum Gasteiger partial charge on any atom is 0.220 e. The lowest BCUT2D eigenvalue weighted by Crippen LogP contribution is -2.23. The van der Waals surface area contributed by atoms with Crippen LogP contribution in [0.3, 0.4) is 0 Å². The van der Waals surface area contributed by atoms with Crippen LogP contribution in [0.5, 0.6) is 17.2 Å². The van der Waals surface area contributed by atoms with Crippen molar-refractivity contribution >= 4 is 5.91 Å². The van der Waals surface area contributed by atoms with Gasteiger partial charge in [-0.2, -0.15) is 0 Å². The molecule has 0 saturated heterocycles. The van der Waals surface area contributed by atoms with Crippen LogP contribution in [-0.2, 0) is 30.6 Å². The van der Waals surface area contributed by atoms with E-state index in [1.807, 2.05) is 18.2 Å². The molecule has 0 spiro atoms. The van der Waals surface area contributed by atoms with E-state index in [-0.39, 0.29) is 5.91 Å². The third kappa shape index (κ3) is 4.02. The molecule has 5 heteroatoms. The second-order valence-electron chi connectivity index (χ2n) is 7.04. The van der Waals surface area contributed by atoms with E-state index in [1.54, 1.807) is 7.11 Å². The minimum atomic E-state index is 0.0347. The molecular weight excluding hydrogens is 342 g/mol. The van der Waals surface area contributed by atoms with Crippen molar-refractivity contribution in [3.05, 3.63) is 52.6 Å². The summed E-state index contributed by atoms with van der Waals surface area (Å²) in [6.07, 6.45) is 4.54. The van der Waals surface area contributed by atoms with Gasteiger partial charge in [0.15, 0.2) is 11.5 Å². The number of amides is 1. The number of nitrogens with one attached hydrogen (secondary N) is 1. The van der Waals surface area contributed by atoms with Crippen molar-refractivity contribution in [1.29, 1.82) is 0 Å². The number of benzene rings is 2. The molecule has 1 aliphatic carbocycles. The molecule has 2 aliphatic rings. The Balaban J connectivity index is 1.32. The molecule has 2 aromatic carbocycles. The molecule has 1 aliphatic heterocycles. The maximum absolute atomic E-state index is 12.3. The Bertz CT molecular complexity index is 846. The Morgan fingerprint density at radius 1 is 1.07 bits per heavy atom. The van der Waals surface area contributed by atoms with Crippen molar-refractivity contribution < 1.29 is 19.0 Å². The smallest absolute Gasteiger partial charge is 0.220 e. The standard InChI is InChI=1S/C22H25NO4/c1-25-20-13-17-4-2-3-16(17)12-18(20)14-23-22(24)8-6-15-5-7-19-21(11-15)27-10-9-26-19/h5,7,11-13H,2-4,6,8-10,14H2,1H3,(H,23,24). The van der Waals surface area contributed by atoms with E-state index in [0.29, 0.717) is 32.6 Å². The van der Waals surface area contributed by atoms with Crippen LogP contribution in [0.1, 0.15) is 35.1 Å². The number of methoxy groups -OCH3 is 1. The first-order valence-corrected chi connectivity index (χ1v) is 9.57. The van der Waals surface area contributed by atoms with Crippen LogP contribution in [0, 0.1) is 0 Å². The summed E-state index contributed by atoms with van der Waals surface area (Å²) in [6, 6.07) is 10.2. The van der Waals surface area contributed by atoms with Gasteiger partial charge in [-0.3, -0.25) is 4.79 Å². The lowest BCUT2D eigenvalue weighted by atomic mass is 10.0. The average Bonchev–Trinajstić information content (AvgIpc) is 3.17. The van der Waals surface area contributed by atoms with E-state index in [4.69, 9.17) is 14.2 Å². The molecule has 0 fully saturated rings. The minimum absolute atomic E-state index is 0.0347. The van der Waals surface area contributed by atoms with Crippen molar-refractivity contribution in [3.8, 4) is 17.2 Å². The third-order valence-corrected chi connectivity index (χ3v) is 5.22. The van der Waals surface area contributed by atoms with E-state index in [0.717, 1.165) is 41.2 Å². The van der Waals surface area contributed by atoms with Crippen LogP contribution in [-0.4, -0.2) is 26.2 Å². The number of fused-ring (bicyclic) bond motifs is 2. The Kier molecular flexibility index (Phi) is 5.19. The molecule has 1 amide bonds. The van der Waals surface area contributed by atoms with Gasteiger partial charge in [0.05, 0.1) is 7.11 Å². The highest BCUT2D eigenvalue weighted by molar-refractivity contribution is 5.76. The molecule has 0 aromatic heterocycles. The highest BCUT2D eigenvalue weighted by atomic mass is 16.6. The number of hydrogen-bond donors (Lipinski definition) is 1. The maximum atomic E-state index is 12.3. The summed E-state index contributed by atoms with van der Waals surface area (Å²) in [5, 5.41) is 3.02. The normalized spacial score (nSPS) is 14.6. The number of ether oxygens (including phenoxy) is 3. The zero-order chi connectivity index (χ0) is 18.6. The van der Waals surface area contributed by atoms with Crippen LogP contribution in [0.4, 0.5) is 0 Å². The number of hydrogen-bond acceptors (Lipinski definition) is 4. The van der Waals surface area contributed by atoms with Gasteiger partial charge in [-0.25, -0.2) is 0 Å². The lowest BCUT2D eigenvalue weighted by Gasteiger charge is -2.18. The largest absolute Gasteiger partial charge is 0.496 e. The van der Waals surface area contributed by atoms with Crippen LogP contribution in [0.15, 0.2) is 30.3 Å². The van der Waals surface area contributed by atoms with Gasteiger partial charge in [0.1, 0.15) is 19.0 Å². The van der Waals surface area contributed by atoms with Gasteiger partial charge in [-0.1, -0.05) is 12.1 Å². The zero-order valence-corrected chi connectivity index (χ0v) is 15.7. The van der Waals surface area contributed by atoms with Crippen molar-refractivity contribution in [2.24, 2.45) is 0 Å². The van der Waals surface area contributed by atoms with Gasteiger partial charge in [0.25, 0.3) is 0 Å². The molecular formula is C22H25NO4. The molecule has 2 aromatic rings. The van der Waals surface area contributed by atoms with E-state index < -0.39 is 0 Å². The Labute approximate surface area is 159 Å². The number of carbonyl (C=O) groups excluding carboxylic acids is 1. The fourth-order valence-corrected chi connectivity index (χ4v) is 3.76. The Morgan fingerprint density at radius 3 is 2.67 bits per heavy atom. The Hall–Kier alpha value is -2.69. The molecule has 1 N–H and O–H groups in total. The molecule has 0 radical (unpaired) electrons. The number of aryl methyl sites for hydroxylation is 3. The first-order valence-electron chi connectivity index (χ1n) is 9.57. The quantitative estimate of drug-likeness (QED) is 0.852.